The molecule has 0 bridgehead atoms. The second kappa shape index (κ2) is 10.3. The summed E-state index contributed by atoms with van der Waals surface area (Å²) in [7, 11) is 5.70. The minimum atomic E-state index is -0.00244. The van der Waals surface area contributed by atoms with Crippen LogP contribution < -0.4 is 14.8 Å². The molecule has 0 radical (unpaired) electrons. The summed E-state index contributed by atoms with van der Waals surface area (Å²) < 4.78 is 17.3. The quantitative estimate of drug-likeness (QED) is 0.650. The lowest BCUT2D eigenvalue weighted by Gasteiger charge is -2.31. The zero-order valence-electron chi connectivity index (χ0n) is 20.1. The molecule has 33 heavy (non-hydrogen) atoms. The molecule has 1 atom stereocenters. The van der Waals surface area contributed by atoms with Crippen molar-refractivity contribution in [2.45, 2.75) is 38.7 Å². The fourth-order valence-corrected chi connectivity index (χ4v) is 4.78. The predicted molar refractivity (Wildman–Crippen MR) is 128 cm³/mol. The number of amides is 1. The molecule has 1 saturated heterocycles. The van der Waals surface area contributed by atoms with Crippen LogP contribution in [0.25, 0.3) is 0 Å². The Hall–Kier alpha value is -2.93. The van der Waals surface area contributed by atoms with Crippen LogP contribution in [-0.4, -0.2) is 69.4 Å². The SMILES string of the molecule is CC/C(=C\NC)C1=CC=C(Cc2cc3c(cc2OC)OCN(CC2CCCO2)C3=O)CN1C. The Morgan fingerprint density at radius 3 is 2.85 bits per heavy atom. The number of rotatable bonds is 8. The first-order valence-corrected chi connectivity index (χ1v) is 11.8. The fourth-order valence-electron chi connectivity index (χ4n) is 4.78. The van der Waals surface area contributed by atoms with Gasteiger partial charge in [0.25, 0.3) is 5.91 Å². The van der Waals surface area contributed by atoms with Gasteiger partial charge >= 0.3 is 0 Å². The average molecular weight is 454 g/mol. The van der Waals surface area contributed by atoms with Gasteiger partial charge in [-0.05, 0) is 54.5 Å². The number of benzene rings is 1. The van der Waals surface area contributed by atoms with Crippen molar-refractivity contribution in [2.24, 2.45) is 0 Å². The molecule has 7 heteroatoms. The number of ether oxygens (including phenoxy) is 3. The summed E-state index contributed by atoms with van der Waals surface area (Å²) in [6, 6.07) is 3.79. The monoisotopic (exact) mass is 453 g/mol. The lowest BCUT2D eigenvalue weighted by Crippen LogP contribution is -2.43. The third-order valence-electron chi connectivity index (χ3n) is 6.50. The van der Waals surface area contributed by atoms with Crippen LogP contribution in [0.15, 0.2) is 47.3 Å². The lowest BCUT2D eigenvalue weighted by atomic mass is 9.96. The number of likely N-dealkylation sites (N-methyl/N-ethyl adjacent to an activating group) is 1. The van der Waals surface area contributed by atoms with E-state index in [4.69, 9.17) is 14.2 Å². The maximum absolute atomic E-state index is 13.2. The van der Waals surface area contributed by atoms with E-state index in [0.717, 1.165) is 43.7 Å². The molecule has 1 N–H and O–H groups in total. The number of methoxy groups -OCH3 is 1. The van der Waals surface area contributed by atoms with Gasteiger partial charge in [0, 0.05) is 45.2 Å². The molecule has 1 aromatic rings. The molecular formula is C26H35N3O4. The summed E-state index contributed by atoms with van der Waals surface area (Å²) >= 11 is 0. The highest BCUT2D eigenvalue weighted by Crippen LogP contribution is 2.35. The number of fused-ring (bicyclic) bond motifs is 1. The van der Waals surface area contributed by atoms with Crippen molar-refractivity contribution in [3.63, 3.8) is 0 Å². The summed E-state index contributed by atoms with van der Waals surface area (Å²) in [6.07, 6.45) is 10.2. The molecule has 3 aliphatic heterocycles. The molecule has 1 aromatic carbocycles. The van der Waals surface area contributed by atoms with Crippen molar-refractivity contribution in [2.75, 3.05) is 47.6 Å². The van der Waals surface area contributed by atoms with Crippen LogP contribution in [0.1, 0.15) is 42.1 Å². The minimum absolute atomic E-state index is 0.00244. The lowest BCUT2D eigenvalue weighted by molar-refractivity contribution is 0.0260. The topological polar surface area (TPSA) is 63.3 Å². The summed E-state index contributed by atoms with van der Waals surface area (Å²) in [5.74, 6) is 1.33. The van der Waals surface area contributed by atoms with Crippen molar-refractivity contribution < 1.29 is 19.0 Å². The van der Waals surface area contributed by atoms with Gasteiger partial charge in [0.2, 0.25) is 0 Å². The van der Waals surface area contributed by atoms with Gasteiger partial charge in [0.1, 0.15) is 11.5 Å². The van der Waals surface area contributed by atoms with Crippen molar-refractivity contribution in [3.05, 3.63) is 58.5 Å². The van der Waals surface area contributed by atoms with Crippen molar-refractivity contribution >= 4 is 5.91 Å². The molecule has 0 saturated carbocycles. The molecule has 0 aliphatic carbocycles. The fraction of sp³-hybridized carbons (Fsp3) is 0.500. The van der Waals surface area contributed by atoms with Gasteiger partial charge in [-0.2, -0.15) is 0 Å². The van der Waals surface area contributed by atoms with Crippen LogP contribution >= 0.6 is 0 Å². The summed E-state index contributed by atoms with van der Waals surface area (Å²) in [5.41, 5.74) is 5.35. The molecule has 0 spiro atoms. The summed E-state index contributed by atoms with van der Waals surface area (Å²) in [6.45, 7) is 4.58. The normalized spacial score (nSPS) is 20.8. The highest BCUT2D eigenvalue weighted by Gasteiger charge is 2.30. The van der Waals surface area contributed by atoms with E-state index in [9.17, 15) is 4.79 Å². The second-order valence-electron chi connectivity index (χ2n) is 8.82. The van der Waals surface area contributed by atoms with E-state index >= 15 is 0 Å². The first kappa shape index (κ1) is 23.2. The van der Waals surface area contributed by atoms with Gasteiger partial charge in [0.15, 0.2) is 6.73 Å². The Bertz CT molecular complexity index is 976. The molecule has 3 heterocycles. The third-order valence-corrected chi connectivity index (χ3v) is 6.50. The van der Waals surface area contributed by atoms with E-state index in [1.165, 1.54) is 16.8 Å². The molecular weight excluding hydrogens is 418 g/mol. The number of allylic oxidation sites excluding steroid dienone is 3. The van der Waals surface area contributed by atoms with Crippen molar-refractivity contribution in [1.82, 2.24) is 15.1 Å². The standard InChI is InChI=1S/C26H35N3O4/c1-5-19(14-27-2)23-9-8-18(15-28(23)3)11-20-12-22-25(13-24(20)31-4)33-17-29(26(22)30)16-21-7-6-10-32-21/h8-9,12-14,21,27H,5-7,10-11,15-17H2,1-4H3/b19-14+. The molecule has 1 unspecified atom stereocenters. The third kappa shape index (κ3) is 5.03. The Morgan fingerprint density at radius 1 is 1.33 bits per heavy atom. The highest BCUT2D eigenvalue weighted by atomic mass is 16.5. The average Bonchev–Trinajstić information content (AvgIpc) is 3.33. The van der Waals surface area contributed by atoms with Crippen LogP contribution in [0.5, 0.6) is 11.5 Å². The van der Waals surface area contributed by atoms with E-state index in [1.807, 2.05) is 19.2 Å². The molecule has 0 aromatic heterocycles. The van der Waals surface area contributed by atoms with Crippen molar-refractivity contribution in [1.29, 1.82) is 0 Å². The van der Waals surface area contributed by atoms with Crippen LogP contribution in [0.2, 0.25) is 0 Å². The Kier molecular flexibility index (Phi) is 7.28. The number of hydrogen-bond donors (Lipinski definition) is 1. The van der Waals surface area contributed by atoms with Gasteiger partial charge in [-0.1, -0.05) is 13.0 Å². The van der Waals surface area contributed by atoms with Gasteiger partial charge in [0.05, 0.1) is 25.3 Å². The van der Waals surface area contributed by atoms with E-state index in [1.54, 1.807) is 12.0 Å². The second-order valence-corrected chi connectivity index (χ2v) is 8.82. The molecule has 4 rings (SSSR count). The maximum atomic E-state index is 13.2. The van der Waals surface area contributed by atoms with Crippen LogP contribution in [-0.2, 0) is 11.2 Å². The van der Waals surface area contributed by atoms with Crippen LogP contribution in [0, 0.1) is 0 Å². The van der Waals surface area contributed by atoms with Crippen LogP contribution in [0.3, 0.4) is 0 Å². The molecule has 3 aliphatic rings. The number of nitrogens with one attached hydrogen (secondary N) is 1. The van der Waals surface area contributed by atoms with Crippen molar-refractivity contribution in [3.8, 4) is 11.5 Å². The summed E-state index contributed by atoms with van der Waals surface area (Å²) in [4.78, 5) is 17.2. The minimum Gasteiger partial charge on any atom is -0.496 e. The van der Waals surface area contributed by atoms with E-state index in [-0.39, 0.29) is 18.7 Å². The highest BCUT2D eigenvalue weighted by molar-refractivity contribution is 5.98. The van der Waals surface area contributed by atoms with Gasteiger partial charge < -0.3 is 29.3 Å². The zero-order chi connectivity index (χ0) is 23.4. The van der Waals surface area contributed by atoms with Gasteiger partial charge in [-0.3, -0.25) is 4.79 Å². The molecule has 7 nitrogen and oxygen atoms in total. The van der Waals surface area contributed by atoms with Gasteiger partial charge in [-0.25, -0.2) is 0 Å². The predicted octanol–water partition coefficient (Wildman–Crippen LogP) is 3.48. The number of hydrogen-bond acceptors (Lipinski definition) is 6. The Morgan fingerprint density at radius 2 is 2.18 bits per heavy atom. The van der Waals surface area contributed by atoms with Gasteiger partial charge in [-0.15, -0.1) is 0 Å². The smallest absolute Gasteiger partial charge is 0.260 e. The molecule has 178 valence electrons. The van der Waals surface area contributed by atoms with E-state index < -0.39 is 0 Å². The molecule has 1 amide bonds. The number of carbonyl (C=O) groups excluding carboxylic acids is 1. The Labute approximate surface area is 196 Å². The maximum Gasteiger partial charge on any atom is 0.260 e. The molecule has 1 fully saturated rings. The first-order chi connectivity index (χ1) is 16.0. The van der Waals surface area contributed by atoms with E-state index in [0.29, 0.717) is 24.3 Å². The first-order valence-electron chi connectivity index (χ1n) is 11.8. The number of nitrogens with zero attached hydrogens (tertiary/aromatic N) is 2. The van der Waals surface area contributed by atoms with E-state index in [2.05, 4.69) is 42.5 Å². The number of carbonyl (C=O) groups is 1. The Balaban J connectivity index is 1.56. The summed E-state index contributed by atoms with van der Waals surface area (Å²) in [5, 5.41) is 3.14. The van der Waals surface area contributed by atoms with Crippen LogP contribution in [0.4, 0.5) is 0 Å². The largest absolute Gasteiger partial charge is 0.496 e. The zero-order valence-corrected chi connectivity index (χ0v) is 20.1.